The van der Waals surface area contributed by atoms with Crippen LogP contribution in [0.25, 0.3) is 10.8 Å². The maximum atomic E-state index is 12.8. The van der Waals surface area contributed by atoms with Crippen LogP contribution in [-0.2, 0) is 9.59 Å². The zero-order chi connectivity index (χ0) is 19.1. The lowest BCUT2D eigenvalue weighted by molar-refractivity contribution is -0.160. The number of alkyl halides is 3. The van der Waals surface area contributed by atoms with E-state index in [1.807, 2.05) is 17.6 Å². The number of imide groups is 1. The average molecular weight is 366 g/mol. The number of nitrogens with one attached hydrogen (secondary N) is 1. The summed E-state index contributed by atoms with van der Waals surface area (Å²) < 4.78 is 43.5. The Morgan fingerprint density at radius 1 is 1.23 bits per heavy atom. The van der Waals surface area contributed by atoms with E-state index in [9.17, 15) is 22.8 Å². The Labute approximate surface area is 147 Å². The van der Waals surface area contributed by atoms with Gasteiger partial charge in [0.1, 0.15) is 11.8 Å². The number of benzene rings is 2. The molecule has 0 aromatic heterocycles. The van der Waals surface area contributed by atoms with Crippen LogP contribution in [0.4, 0.5) is 13.2 Å². The molecule has 1 N–H and O–H groups in total. The van der Waals surface area contributed by atoms with Crippen LogP contribution in [0.3, 0.4) is 0 Å². The predicted molar refractivity (Wildman–Crippen MR) is 88.4 cm³/mol. The molecule has 26 heavy (non-hydrogen) atoms. The van der Waals surface area contributed by atoms with Gasteiger partial charge in [-0.1, -0.05) is 24.3 Å². The molecule has 138 valence electrons. The van der Waals surface area contributed by atoms with E-state index in [0.717, 1.165) is 10.8 Å². The van der Waals surface area contributed by atoms with E-state index >= 15 is 0 Å². The third kappa shape index (κ3) is 3.37. The molecule has 1 heterocycles. The standard InChI is InChI=1S/C18H17F3N2O3/c1-10(17(25)23-16(24)9-15(22-23)18(19,20)21)11-3-4-13-8-14(26-2)6-5-12(13)7-11/h3-8,10,15,22H,9H2,1-2H3/t10-,15+/m0/s1. The molecule has 2 aromatic rings. The highest BCUT2D eigenvalue weighted by molar-refractivity contribution is 5.99. The molecule has 0 spiro atoms. The maximum Gasteiger partial charge on any atom is 0.406 e. The molecule has 0 bridgehead atoms. The van der Waals surface area contributed by atoms with Gasteiger partial charge in [0.05, 0.1) is 19.4 Å². The molecule has 0 saturated carbocycles. The second-order valence-corrected chi connectivity index (χ2v) is 6.19. The fraction of sp³-hybridized carbons (Fsp3) is 0.333. The van der Waals surface area contributed by atoms with E-state index < -0.39 is 36.4 Å². The van der Waals surface area contributed by atoms with E-state index in [2.05, 4.69) is 0 Å². The van der Waals surface area contributed by atoms with Gasteiger partial charge < -0.3 is 4.74 Å². The van der Waals surface area contributed by atoms with Crippen LogP contribution in [0.5, 0.6) is 5.75 Å². The van der Waals surface area contributed by atoms with Crippen LogP contribution in [0.15, 0.2) is 36.4 Å². The summed E-state index contributed by atoms with van der Waals surface area (Å²) in [5, 5.41) is 2.25. The van der Waals surface area contributed by atoms with Crippen molar-refractivity contribution in [3.05, 3.63) is 42.0 Å². The first-order valence-electron chi connectivity index (χ1n) is 7.98. The van der Waals surface area contributed by atoms with Crippen molar-refractivity contribution in [3.63, 3.8) is 0 Å². The minimum Gasteiger partial charge on any atom is -0.497 e. The highest BCUT2D eigenvalue weighted by Crippen LogP contribution is 2.30. The van der Waals surface area contributed by atoms with Gasteiger partial charge in [-0.15, -0.1) is 0 Å². The molecular weight excluding hydrogens is 349 g/mol. The molecule has 0 radical (unpaired) electrons. The van der Waals surface area contributed by atoms with Gasteiger partial charge in [0, 0.05) is 0 Å². The van der Waals surface area contributed by atoms with Crippen molar-refractivity contribution in [2.45, 2.75) is 31.5 Å². The summed E-state index contributed by atoms with van der Waals surface area (Å²) in [5.41, 5.74) is 2.59. The Bertz CT molecular complexity index is 866. The summed E-state index contributed by atoms with van der Waals surface area (Å²) in [5.74, 6) is -1.67. The molecule has 2 aromatic carbocycles. The quantitative estimate of drug-likeness (QED) is 0.907. The summed E-state index contributed by atoms with van der Waals surface area (Å²) in [6.07, 6.45) is -5.37. The van der Waals surface area contributed by atoms with Crippen molar-refractivity contribution >= 4 is 22.6 Å². The molecule has 5 nitrogen and oxygen atoms in total. The van der Waals surface area contributed by atoms with Crippen LogP contribution >= 0.6 is 0 Å². The number of carbonyl (C=O) groups excluding carboxylic acids is 2. The molecule has 1 aliphatic rings. The van der Waals surface area contributed by atoms with Crippen molar-refractivity contribution in [3.8, 4) is 5.75 Å². The third-order valence-electron chi connectivity index (χ3n) is 4.47. The number of amides is 2. The monoisotopic (exact) mass is 366 g/mol. The fourth-order valence-corrected chi connectivity index (χ4v) is 2.89. The number of hydrogen-bond donors (Lipinski definition) is 1. The normalized spacial score (nSPS) is 19.0. The SMILES string of the molecule is COc1ccc2cc([C@H](C)C(=O)N3N[C@@H](C(F)(F)F)CC3=O)ccc2c1. The van der Waals surface area contributed by atoms with Crippen molar-refractivity contribution in [2.24, 2.45) is 0 Å². The molecule has 2 amide bonds. The number of halogens is 3. The summed E-state index contributed by atoms with van der Waals surface area (Å²) in [7, 11) is 1.56. The van der Waals surface area contributed by atoms with Crippen LogP contribution in [0, 0.1) is 0 Å². The van der Waals surface area contributed by atoms with Crippen LogP contribution in [-0.4, -0.2) is 36.2 Å². The Morgan fingerprint density at radius 3 is 2.50 bits per heavy atom. The number of methoxy groups -OCH3 is 1. The summed E-state index contributed by atoms with van der Waals surface area (Å²) in [6.45, 7) is 1.56. The van der Waals surface area contributed by atoms with Gasteiger partial charge in [-0.3, -0.25) is 9.59 Å². The van der Waals surface area contributed by atoms with Crippen molar-refractivity contribution < 1.29 is 27.5 Å². The van der Waals surface area contributed by atoms with E-state index in [1.165, 1.54) is 0 Å². The molecule has 0 unspecified atom stereocenters. The van der Waals surface area contributed by atoms with Gasteiger partial charge in [0.15, 0.2) is 0 Å². The second-order valence-electron chi connectivity index (χ2n) is 6.19. The molecule has 1 saturated heterocycles. The molecule has 8 heteroatoms. The van der Waals surface area contributed by atoms with Crippen molar-refractivity contribution in [1.82, 2.24) is 10.4 Å². The first-order chi connectivity index (χ1) is 12.2. The Kier molecular flexibility index (Phi) is 4.62. The van der Waals surface area contributed by atoms with Gasteiger partial charge in [0.25, 0.3) is 5.91 Å². The topological polar surface area (TPSA) is 58.6 Å². The van der Waals surface area contributed by atoms with E-state index in [4.69, 9.17) is 4.74 Å². The average Bonchev–Trinajstić information content (AvgIpc) is 3.01. The van der Waals surface area contributed by atoms with Crippen LogP contribution < -0.4 is 10.2 Å². The number of hydrazine groups is 1. The Balaban J connectivity index is 1.82. The minimum absolute atomic E-state index is 0.487. The lowest BCUT2D eigenvalue weighted by atomic mass is 9.97. The minimum atomic E-state index is -4.59. The van der Waals surface area contributed by atoms with E-state index in [-0.39, 0.29) is 0 Å². The molecule has 2 atom stereocenters. The first kappa shape index (κ1) is 18.2. The Hall–Kier alpha value is -2.61. The number of rotatable bonds is 3. The molecule has 1 fully saturated rings. The lowest BCUT2D eigenvalue weighted by Crippen LogP contribution is -2.48. The lowest BCUT2D eigenvalue weighted by Gasteiger charge is -2.21. The highest BCUT2D eigenvalue weighted by atomic mass is 19.4. The van der Waals surface area contributed by atoms with Crippen molar-refractivity contribution in [2.75, 3.05) is 7.11 Å². The van der Waals surface area contributed by atoms with Gasteiger partial charge in [-0.2, -0.15) is 13.2 Å². The highest BCUT2D eigenvalue weighted by Gasteiger charge is 2.49. The van der Waals surface area contributed by atoms with E-state index in [1.54, 1.807) is 38.3 Å². The summed E-state index contributed by atoms with van der Waals surface area (Å²) in [6, 6.07) is 8.70. The Morgan fingerprint density at radius 2 is 1.88 bits per heavy atom. The molecule has 0 aliphatic carbocycles. The van der Waals surface area contributed by atoms with Crippen LogP contribution in [0.1, 0.15) is 24.8 Å². The zero-order valence-electron chi connectivity index (χ0n) is 14.1. The molecule has 3 rings (SSSR count). The third-order valence-corrected chi connectivity index (χ3v) is 4.47. The summed E-state index contributed by atoms with van der Waals surface area (Å²) in [4.78, 5) is 24.3. The fourth-order valence-electron chi connectivity index (χ4n) is 2.89. The number of hydrogen-bond acceptors (Lipinski definition) is 4. The van der Waals surface area contributed by atoms with Crippen molar-refractivity contribution in [1.29, 1.82) is 0 Å². The first-order valence-corrected chi connectivity index (χ1v) is 7.98. The number of carbonyl (C=O) groups is 2. The maximum absolute atomic E-state index is 12.8. The molecule has 1 aliphatic heterocycles. The zero-order valence-corrected chi connectivity index (χ0v) is 14.1. The van der Waals surface area contributed by atoms with Gasteiger partial charge >= 0.3 is 6.18 Å². The molecular formula is C18H17F3N2O3. The van der Waals surface area contributed by atoms with Gasteiger partial charge in [0.2, 0.25) is 5.91 Å². The number of nitrogens with zero attached hydrogens (tertiary/aromatic N) is 1. The van der Waals surface area contributed by atoms with Gasteiger partial charge in [-0.05, 0) is 35.4 Å². The number of ether oxygens (including phenoxy) is 1. The van der Waals surface area contributed by atoms with E-state index in [0.29, 0.717) is 16.3 Å². The number of fused-ring (bicyclic) bond motifs is 1. The summed E-state index contributed by atoms with van der Waals surface area (Å²) >= 11 is 0. The smallest absolute Gasteiger partial charge is 0.406 e. The predicted octanol–water partition coefficient (Wildman–Crippen LogP) is 3.15. The van der Waals surface area contributed by atoms with Crippen LogP contribution in [0.2, 0.25) is 0 Å². The largest absolute Gasteiger partial charge is 0.497 e. The second kappa shape index (κ2) is 6.60. The van der Waals surface area contributed by atoms with Gasteiger partial charge in [-0.25, -0.2) is 10.4 Å².